The lowest BCUT2D eigenvalue weighted by Crippen LogP contribution is -2.35. The molecule has 1 atom stereocenters. The zero-order chi connectivity index (χ0) is 9.78. The molecule has 0 fully saturated rings. The van der Waals surface area contributed by atoms with E-state index in [4.69, 9.17) is 22.8 Å². The van der Waals surface area contributed by atoms with Crippen LogP contribution in [0.2, 0.25) is 0 Å². The molecule has 1 amide bonds. The Morgan fingerprint density at radius 3 is 2.50 bits per heavy atom. The Morgan fingerprint density at radius 1 is 1.67 bits per heavy atom. The van der Waals surface area contributed by atoms with E-state index in [1.807, 2.05) is 0 Å². The number of hydrogen-bond donors (Lipinski definition) is 1. The van der Waals surface area contributed by atoms with E-state index in [1.54, 1.807) is 20.8 Å². The van der Waals surface area contributed by atoms with Gasteiger partial charge in [0.1, 0.15) is 5.60 Å². The molecule has 1 unspecified atom stereocenters. The van der Waals surface area contributed by atoms with Crippen LogP contribution in [0.15, 0.2) is 0 Å². The standard InChI is InChI=1S/C8H12ClNO2/c1-5-6(9)10-7(11)12-8(2,3)4/h1,6H,2-4H3,(H,10,11). The molecule has 4 heteroatoms. The van der Waals surface area contributed by atoms with E-state index in [2.05, 4.69) is 11.2 Å². The molecule has 0 aliphatic heterocycles. The van der Waals surface area contributed by atoms with Crippen LogP contribution < -0.4 is 5.32 Å². The zero-order valence-corrected chi connectivity index (χ0v) is 8.11. The fourth-order valence-corrected chi connectivity index (χ4v) is 0.542. The Kier molecular flexibility index (Phi) is 3.91. The van der Waals surface area contributed by atoms with E-state index in [0.29, 0.717) is 0 Å². The van der Waals surface area contributed by atoms with Gasteiger partial charge in [-0.2, -0.15) is 0 Å². The average molecular weight is 190 g/mol. The minimum atomic E-state index is -0.820. The van der Waals surface area contributed by atoms with Crippen molar-refractivity contribution in [1.29, 1.82) is 0 Å². The summed E-state index contributed by atoms with van der Waals surface area (Å²) in [7, 11) is 0. The largest absolute Gasteiger partial charge is 0.444 e. The fourth-order valence-electron chi connectivity index (χ4n) is 0.453. The van der Waals surface area contributed by atoms with Crippen molar-refractivity contribution < 1.29 is 9.53 Å². The second-order valence-electron chi connectivity index (χ2n) is 3.18. The third-order valence-corrected chi connectivity index (χ3v) is 1.02. The molecule has 0 bridgehead atoms. The predicted octanol–water partition coefficient (Wildman–Crippen LogP) is 1.71. The third-order valence-electron chi connectivity index (χ3n) is 0.790. The number of halogens is 1. The van der Waals surface area contributed by atoms with E-state index in [-0.39, 0.29) is 0 Å². The number of ether oxygens (including phenoxy) is 1. The van der Waals surface area contributed by atoms with Crippen molar-refractivity contribution in [3.8, 4) is 12.3 Å². The summed E-state index contributed by atoms with van der Waals surface area (Å²) in [5, 5.41) is 2.25. The highest BCUT2D eigenvalue weighted by Gasteiger charge is 2.17. The molecule has 0 radical (unpaired) electrons. The fraction of sp³-hybridized carbons (Fsp3) is 0.625. The van der Waals surface area contributed by atoms with E-state index >= 15 is 0 Å². The molecule has 0 saturated heterocycles. The van der Waals surface area contributed by atoms with Crippen molar-refractivity contribution in [3.05, 3.63) is 0 Å². The van der Waals surface area contributed by atoms with Crippen molar-refractivity contribution in [1.82, 2.24) is 5.32 Å². The molecule has 0 rings (SSSR count). The molecule has 3 nitrogen and oxygen atoms in total. The lowest BCUT2D eigenvalue weighted by molar-refractivity contribution is 0.0529. The van der Waals surface area contributed by atoms with Crippen LogP contribution in [0.1, 0.15) is 20.8 Å². The minimum Gasteiger partial charge on any atom is -0.444 e. The number of nitrogens with one attached hydrogen (secondary N) is 1. The minimum absolute atomic E-state index is 0.532. The summed E-state index contributed by atoms with van der Waals surface area (Å²) in [6.45, 7) is 5.27. The highest BCUT2D eigenvalue weighted by molar-refractivity contribution is 6.22. The summed E-state index contributed by atoms with van der Waals surface area (Å²) in [6, 6.07) is 0. The maximum Gasteiger partial charge on any atom is 0.409 e. The third kappa shape index (κ3) is 5.87. The SMILES string of the molecule is C#CC(Cl)NC(=O)OC(C)(C)C. The molecule has 0 aromatic rings. The number of carbonyl (C=O) groups excluding carboxylic acids is 1. The van der Waals surface area contributed by atoms with Gasteiger partial charge in [0.25, 0.3) is 0 Å². The molecule has 0 aliphatic rings. The molecule has 68 valence electrons. The lowest BCUT2D eigenvalue weighted by atomic mass is 10.2. The Bertz CT molecular complexity index is 202. The summed E-state index contributed by atoms with van der Waals surface area (Å²) in [5.41, 5.74) is -1.35. The first kappa shape index (κ1) is 11.1. The second kappa shape index (κ2) is 4.22. The number of rotatable bonds is 1. The first-order chi connectivity index (χ1) is 5.35. The zero-order valence-electron chi connectivity index (χ0n) is 7.35. The first-order valence-electron chi connectivity index (χ1n) is 3.45. The van der Waals surface area contributed by atoms with Crippen LogP contribution in [-0.4, -0.2) is 17.2 Å². The van der Waals surface area contributed by atoms with Gasteiger partial charge in [0, 0.05) is 0 Å². The highest BCUT2D eigenvalue weighted by atomic mass is 35.5. The molecule has 0 aliphatic carbocycles. The second-order valence-corrected chi connectivity index (χ2v) is 3.61. The Labute approximate surface area is 77.4 Å². The normalized spacial score (nSPS) is 12.9. The van der Waals surface area contributed by atoms with Crippen molar-refractivity contribution in [2.45, 2.75) is 31.9 Å². The quantitative estimate of drug-likeness (QED) is 0.388. The van der Waals surface area contributed by atoms with E-state index in [9.17, 15) is 4.79 Å². The number of hydrogen-bond acceptors (Lipinski definition) is 2. The number of alkyl carbamates (subject to hydrolysis) is 1. The van der Waals surface area contributed by atoms with Crippen molar-refractivity contribution in [2.75, 3.05) is 0 Å². The van der Waals surface area contributed by atoms with Crippen LogP contribution >= 0.6 is 11.6 Å². The Morgan fingerprint density at radius 2 is 2.17 bits per heavy atom. The van der Waals surface area contributed by atoms with E-state index in [0.717, 1.165) is 0 Å². The van der Waals surface area contributed by atoms with Crippen LogP contribution in [0.4, 0.5) is 4.79 Å². The smallest absolute Gasteiger partial charge is 0.409 e. The van der Waals surface area contributed by atoms with E-state index in [1.165, 1.54) is 0 Å². The lowest BCUT2D eigenvalue weighted by Gasteiger charge is -2.19. The van der Waals surface area contributed by atoms with Gasteiger partial charge in [-0.25, -0.2) is 4.79 Å². The molecular formula is C8H12ClNO2. The van der Waals surface area contributed by atoms with Crippen molar-refractivity contribution >= 4 is 17.7 Å². The molecule has 0 heterocycles. The van der Waals surface area contributed by atoms with Crippen LogP contribution in [0.5, 0.6) is 0 Å². The molecule has 12 heavy (non-hydrogen) atoms. The van der Waals surface area contributed by atoms with Crippen LogP contribution in [0, 0.1) is 12.3 Å². The van der Waals surface area contributed by atoms with Gasteiger partial charge in [-0.3, -0.25) is 5.32 Å². The molecule has 0 aromatic carbocycles. The number of carbonyl (C=O) groups is 1. The van der Waals surface area contributed by atoms with Gasteiger partial charge >= 0.3 is 6.09 Å². The van der Waals surface area contributed by atoms with Gasteiger partial charge in [-0.05, 0) is 20.8 Å². The van der Waals surface area contributed by atoms with Crippen LogP contribution in [-0.2, 0) is 4.74 Å². The van der Waals surface area contributed by atoms with Gasteiger partial charge in [0.2, 0.25) is 0 Å². The van der Waals surface area contributed by atoms with Gasteiger partial charge in [0.15, 0.2) is 5.50 Å². The predicted molar refractivity (Wildman–Crippen MR) is 47.8 cm³/mol. The topological polar surface area (TPSA) is 38.3 Å². The Balaban J connectivity index is 3.85. The van der Waals surface area contributed by atoms with Crippen LogP contribution in [0.3, 0.4) is 0 Å². The molecule has 0 spiro atoms. The highest BCUT2D eigenvalue weighted by Crippen LogP contribution is 2.06. The first-order valence-corrected chi connectivity index (χ1v) is 3.88. The maximum absolute atomic E-state index is 10.9. The van der Waals surface area contributed by atoms with Crippen molar-refractivity contribution in [3.63, 3.8) is 0 Å². The van der Waals surface area contributed by atoms with Gasteiger partial charge in [-0.15, -0.1) is 6.42 Å². The summed E-state index contributed by atoms with van der Waals surface area (Å²) >= 11 is 5.44. The molecular weight excluding hydrogens is 178 g/mol. The number of alkyl halides is 1. The summed E-state index contributed by atoms with van der Waals surface area (Å²) in [6.07, 6.45) is 4.32. The summed E-state index contributed by atoms with van der Waals surface area (Å²) in [4.78, 5) is 10.9. The monoisotopic (exact) mass is 189 g/mol. The Hall–Kier alpha value is -0.880. The number of terminal acetylenes is 1. The summed E-state index contributed by atoms with van der Waals surface area (Å²) < 4.78 is 4.88. The number of amides is 1. The van der Waals surface area contributed by atoms with Crippen LogP contribution in [0.25, 0.3) is 0 Å². The van der Waals surface area contributed by atoms with Gasteiger partial charge in [0.05, 0.1) is 0 Å². The average Bonchev–Trinajstić information content (AvgIpc) is 1.82. The van der Waals surface area contributed by atoms with Crippen molar-refractivity contribution in [2.24, 2.45) is 0 Å². The molecule has 1 N–H and O–H groups in total. The van der Waals surface area contributed by atoms with Gasteiger partial charge in [-0.1, -0.05) is 17.5 Å². The molecule has 0 saturated carbocycles. The molecule has 0 aromatic heterocycles. The van der Waals surface area contributed by atoms with E-state index < -0.39 is 17.2 Å². The summed E-state index contributed by atoms with van der Waals surface area (Å²) in [5.74, 6) is 2.14. The maximum atomic E-state index is 10.9. The van der Waals surface area contributed by atoms with Gasteiger partial charge < -0.3 is 4.74 Å².